The van der Waals surface area contributed by atoms with Crippen LogP contribution in [0.2, 0.25) is 5.02 Å². The van der Waals surface area contributed by atoms with Crippen molar-refractivity contribution in [3.63, 3.8) is 0 Å². The summed E-state index contributed by atoms with van der Waals surface area (Å²) < 4.78 is 13.3. The molecule has 1 N–H and O–H groups in total. The zero-order valence-electron chi connectivity index (χ0n) is 9.47. The van der Waals surface area contributed by atoms with Crippen molar-refractivity contribution in [2.45, 2.75) is 38.6 Å². The van der Waals surface area contributed by atoms with E-state index in [1.807, 2.05) is 6.07 Å². The Morgan fingerprint density at radius 3 is 2.75 bits per heavy atom. The molecule has 0 aliphatic heterocycles. The van der Waals surface area contributed by atoms with Crippen molar-refractivity contribution in [1.29, 1.82) is 0 Å². The summed E-state index contributed by atoms with van der Waals surface area (Å²) in [5.41, 5.74) is 0.834. The number of hydrogen-bond donors (Lipinski definition) is 1. The number of halogens is 2. The van der Waals surface area contributed by atoms with Gasteiger partial charge in [-0.15, -0.1) is 0 Å². The molecule has 0 aromatic heterocycles. The van der Waals surface area contributed by atoms with E-state index in [4.69, 9.17) is 11.6 Å². The first-order chi connectivity index (χ1) is 7.66. The molecule has 0 amide bonds. The van der Waals surface area contributed by atoms with Crippen molar-refractivity contribution in [3.8, 4) is 0 Å². The van der Waals surface area contributed by atoms with E-state index in [0.717, 1.165) is 5.69 Å². The van der Waals surface area contributed by atoms with Crippen LogP contribution in [0.5, 0.6) is 0 Å². The molecule has 1 aromatic rings. The zero-order valence-corrected chi connectivity index (χ0v) is 10.2. The van der Waals surface area contributed by atoms with Crippen LogP contribution >= 0.6 is 11.6 Å². The molecule has 1 aliphatic rings. The Kier molecular flexibility index (Phi) is 3.70. The molecule has 0 radical (unpaired) electrons. The van der Waals surface area contributed by atoms with Gasteiger partial charge in [-0.3, -0.25) is 0 Å². The van der Waals surface area contributed by atoms with E-state index in [2.05, 4.69) is 12.2 Å². The Morgan fingerprint density at radius 2 is 2.06 bits per heavy atom. The van der Waals surface area contributed by atoms with Crippen LogP contribution in [0.3, 0.4) is 0 Å². The monoisotopic (exact) mass is 241 g/mol. The number of benzene rings is 1. The summed E-state index contributed by atoms with van der Waals surface area (Å²) in [6.07, 6.45) is 5.01. The first-order valence-electron chi connectivity index (χ1n) is 5.88. The summed E-state index contributed by atoms with van der Waals surface area (Å²) in [6.45, 7) is 2.25. The van der Waals surface area contributed by atoms with Gasteiger partial charge in [0.1, 0.15) is 5.82 Å². The van der Waals surface area contributed by atoms with E-state index in [1.165, 1.54) is 31.7 Å². The smallest absolute Gasteiger partial charge is 0.143 e. The topological polar surface area (TPSA) is 12.0 Å². The normalized spacial score (nSPS) is 25.4. The minimum absolute atomic E-state index is 0.183. The van der Waals surface area contributed by atoms with Crippen LogP contribution in [-0.2, 0) is 0 Å². The standard InChI is InChI=1S/C13H17ClFN/c1-9-4-2-3-5-13(9)16-10-6-7-11(14)12(15)8-10/h6-9,13,16H,2-5H2,1H3. The van der Waals surface area contributed by atoms with Gasteiger partial charge in [-0.25, -0.2) is 4.39 Å². The number of anilines is 1. The van der Waals surface area contributed by atoms with Crippen LogP contribution in [-0.4, -0.2) is 6.04 Å². The van der Waals surface area contributed by atoms with E-state index in [0.29, 0.717) is 12.0 Å². The maximum absolute atomic E-state index is 13.3. The van der Waals surface area contributed by atoms with Crippen LogP contribution in [0.1, 0.15) is 32.6 Å². The van der Waals surface area contributed by atoms with Crippen molar-refractivity contribution in [2.75, 3.05) is 5.32 Å². The van der Waals surface area contributed by atoms with Gasteiger partial charge < -0.3 is 5.32 Å². The Labute approximate surface area is 101 Å². The minimum atomic E-state index is -0.352. The van der Waals surface area contributed by atoms with Crippen molar-refractivity contribution in [3.05, 3.63) is 29.0 Å². The van der Waals surface area contributed by atoms with E-state index in [-0.39, 0.29) is 10.8 Å². The predicted octanol–water partition coefficient (Wildman–Crippen LogP) is 4.47. The molecule has 3 heteroatoms. The predicted molar refractivity (Wildman–Crippen MR) is 66.5 cm³/mol. The third-order valence-electron chi connectivity index (χ3n) is 3.38. The molecule has 88 valence electrons. The summed E-state index contributed by atoms with van der Waals surface area (Å²) >= 11 is 5.65. The van der Waals surface area contributed by atoms with E-state index in [1.54, 1.807) is 6.07 Å². The van der Waals surface area contributed by atoms with Gasteiger partial charge in [0.05, 0.1) is 5.02 Å². The van der Waals surface area contributed by atoms with Crippen LogP contribution in [0.15, 0.2) is 18.2 Å². The lowest BCUT2D eigenvalue weighted by molar-refractivity contribution is 0.349. The molecule has 2 unspecified atom stereocenters. The number of nitrogens with one attached hydrogen (secondary N) is 1. The average Bonchev–Trinajstić information content (AvgIpc) is 2.27. The Morgan fingerprint density at radius 1 is 1.31 bits per heavy atom. The quantitative estimate of drug-likeness (QED) is 0.806. The fourth-order valence-electron chi connectivity index (χ4n) is 2.33. The molecular formula is C13H17ClFN. The molecule has 1 saturated carbocycles. The molecule has 2 rings (SSSR count). The van der Waals surface area contributed by atoms with E-state index in [9.17, 15) is 4.39 Å². The maximum Gasteiger partial charge on any atom is 0.143 e. The summed E-state index contributed by atoms with van der Waals surface area (Å²) in [4.78, 5) is 0. The summed E-state index contributed by atoms with van der Waals surface area (Å²) in [5.74, 6) is 0.308. The van der Waals surface area contributed by atoms with Gasteiger partial charge in [-0.2, -0.15) is 0 Å². The van der Waals surface area contributed by atoms with Crippen LogP contribution in [0, 0.1) is 11.7 Å². The Hall–Kier alpha value is -0.760. The highest BCUT2D eigenvalue weighted by atomic mass is 35.5. The van der Waals surface area contributed by atoms with Crippen molar-refractivity contribution < 1.29 is 4.39 Å². The first-order valence-corrected chi connectivity index (χ1v) is 6.26. The average molecular weight is 242 g/mol. The highest BCUT2D eigenvalue weighted by Gasteiger charge is 2.20. The lowest BCUT2D eigenvalue weighted by Gasteiger charge is -2.30. The molecule has 0 saturated heterocycles. The molecule has 0 spiro atoms. The summed E-state index contributed by atoms with van der Waals surface area (Å²) in [5, 5.41) is 3.58. The van der Waals surface area contributed by atoms with Gasteiger partial charge in [0.2, 0.25) is 0 Å². The van der Waals surface area contributed by atoms with Crippen LogP contribution in [0.25, 0.3) is 0 Å². The number of hydrogen-bond acceptors (Lipinski definition) is 1. The van der Waals surface area contributed by atoms with Crippen LogP contribution < -0.4 is 5.32 Å². The highest BCUT2D eigenvalue weighted by molar-refractivity contribution is 6.30. The second kappa shape index (κ2) is 5.05. The third-order valence-corrected chi connectivity index (χ3v) is 3.69. The lowest BCUT2D eigenvalue weighted by Crippen LogP contribution is -2.30. The molecule has 1 aromatic carbocycles. The van der Waals surface area contributed by atoms with Gasteiger partial charge in [-0.1, -0.05) is 31.4 Å². The number of rotatable bonds is 2. The second-order valence-electron chi connectivity index (χ2n) is 4.64. The van der Waals surface area contributed by atoms with Gasteiger partial charge >= 0.3 is 0 Å². The van der Waals surface area contributed by atoms with Gasteiger partial charge in [-0.05, 0) is 37.0 Å². The summed E-state index contributed by atoms with van der Waals surface area (Å²) in [6, 6.07) is 5.39. The highest BCUT2D eigenvalue weighted by Crippen LogP contribution is 2.27. The van der Waals surface area contributed by atoms with Crippen LogP contribution in [0.4, 0.5) is 10.1 Å². The van der Waals surface area contributed by atoms with Gasteiger partial charge in [0.25, 0.3) is 0 Å². The van der Waals surface area contributed by atoms with Crippen molar-refractivity contribution in [1.82, 2.24) is 0 Å². The Balaban J connectivity index is 2.05. The van der Waals surface area contributed by atoms with Gasteiger partial charge in [0.15, 0.2) is 0 Å². The van der Waals surface area contributed by atoms with Crippen molar-refractivity contribution in [2.24, 2.45) is 5.92 Å². The van der Waals surface area contributed by atoms with E-state index < -0.39 is 0 Å². The largest absolute Gasteiger partial charge is 0.382 e. The molecular weight excluding hydrogens is 225 g/mol. The molecule has 0 bridgehead atoms. The Bertz CT molecular complexity index is 367. The maximum atomic E-state index is 13.3. The molecule has 16 heavy (non-hydrogen) atoms. The summed E-state index contributed by atoms with van der Waals surface area (Å²) in [7, 11) is 0. The molecule has 1 aliphatic carbocycles. The fraction of sp³-hybridized carbons (Fsp3) is 0.538. The first kappa shape index (κ1) is 11.7. The fourth-order valence-corrected chi connectivity index (χ4v) is 2.45. The van der Waals surface area contributed by atoms with Crippen molar-refractivity contribution >= 4 is 17.3 Å². The SMILES string of the molecule is CC1CCCCC1Nc1ccc(Cl)c(F)c1. The molecule has 1 fully saturated rings. The minimum Gasteiger partial charge on any atom is -0.382 e. The van der Waals surface area contributed by atoms with Gasteiger partial charge in [0, 0.05) is 11.7 Å². The molecule has 2 atom stereocenters. The van der Waals surface area contributed by atoms with E-state index >= 15 is 0 Å². The molecule has 1 nitrogen and oxygen atoms in total. The second-order valence-corrected chi connectivity index (χ2v) is 5.05. The molecule has 0 heterocycles. The zero-order chi connectivity index (χ0) is 11.5. The lowest BCUT2D eigenvalue weighted by atomic mass is 9.86. The third kappa shape index (κ3) is 2.67.